The van der Waals surface area contributed by atoms with Crippen LogP contribution in [0.3, 0.4) is 0 Å². The van der Waals surface area contributed by atoms with Crippen molar-refractivity contribution in [3.8, 4) is 0 Å². The van der Waals surface area contributed by atoms with Crippen LogP contribution in [0.25, 0.3) is 0 Å². The molecule has 0 aromatic carbocycles. The number of aromatic nitrogens is 3. The lowest BCUT2D eigenvalue weighted by molar-refractivity contribution is 0.146. The number of aliphatic hydroxyl groups is 1. The van der Waals surface area contributed by atoms with Crippen LogP contribution in [-0.4, -0.2) is 32.5 Å². The number of pyridine rings is 1. The smallest absolute Gasteiger partial charge is 0.0860 e. The average molecular weight is 260 g/mol. The number of nitrogens with one attached hydrogen (secondary N) is 1. The van der Waals surface area contributed by atoms with Crippen LogP contribution in [0, 0.1) is 0 Å². The maximum atomic E-state index is 9.88. The number of aryl methyl sites for hydroxylation is 1. The highest BCUT2D eigenvalue weighted by Crippen LogP contribution is 2.05. The molecule has 0 spiro atoms. The number of rotatable bonds is 7. The van der Waals surface area contributed by atoms with Crippen LogP contribution in [0.4, 0.5) is 0 Å². The van der Waals surface area contributed by atoms with Crippen molar-refractivity contribution in [3.63, 3.8) is 0 Å². The van der Waals surface area contributed by atoms with Gasteiger partial charge in [0.15, 0.2) is 0 Å². The molecular formula is C14H20N4O. The molecule has 0 fully saturated rings. The van der Waals surface area contributed by atoms with E-state index in [1.165, 1.54) is 5.56 Å². The molecule has 5 heteroatoms. The maximum Gasteiger partial charge on any atom is 0.0860 e. The van der Waals surface area contributed by atoms with Gasteiger partial charge in [-0.15, -0.1) is 0 Å². The zero-order valence-electron chi connectivity index (χ0n) is 11.2. The predicted octanol–water partition coefficient (Wildman–Crippen LogP) is 0.991. The Labute approximate surface area is 113 Å². The first-order valence-corrected chi connectivity index (χ1v) is 6.58. The van der Waals surface area contributed by atoms with E-state index in [1.807, 2.05) is 18.3 Å². The quantitative estimate of drug-likeness (QED) is 0.779. The van der Waals surface area contributed by atoms with Crippen molar-refractivity contribution in [1.29, 1.82) is 0 Å². The molecule has 2 N–H and O–H groups in total. The van der Waals surface area contributed by atoms with Crippen LogP contribution in [-0.2, 0) is 19.5 Å². The summed E-state index contributed by atoms with van der Waals surface area (Å²) in [5.41, 5.74) is 2.30. The van der Waals surface area contributed by atoms with Gasteiger partial charge >= 0.3 is 0 Å². The van der Waals surface area contributed by atoms with Crippen molar-refractivity contribution in [1.82, 2.24) is 20.1 Å². The molecule has 2 aromatic rings. The molecule has 0 saturated heterocycles. The summed E-state index contributed by atoms with van der Waals surface area (Å²) in [7, 11) is 0. The second kappa shape index (κ2) is 7.01. The van der Waals surface area contributed by atoms with Gasteiger partial charge in [-0.05, 0) is 24.1 Å². The average Bonchev–Trinajstić information content (AvgIpc) is 2.92. The second-order valence-electron chi connectivity index (χ2n) is 4.48. The van der Waals surface area contributed by atoms with Crippen molar-refractivity contribution >= 4 is 0 Å². The Morgan fingerprint density at radius 1 is 1.37 bits per heavy atom. The van der Waals surface area contributed by atoms with Crippen LogP contribution < -0.4 is 5.32 Å². The lowest BCUT2D eigenvalue weighted by Crippen LogP contribution is -2.30. The first-order chi connectivity index (χ1) is 9.29. The summed E-state index contributed by atoms with van der Waals surface area (Å²) in [4.78, 5) is 4.36. The summed E-state index contributed by atoms with van der Waals surface area (Å²) >= 11 is 0. The molecule has 19 heavy (non-hydrogen) atoms. The van der Waals surface area contributed by atoms with E-state index in [-0.39, 0.29) is 0 Å². The standard InChI is InChI=1S/C14H20N4O/c1-2-12-5-3-6-16-14(12)10-15-9-13(19)11-18-8-4-7-17-18/h3-8,13,15,19H,2,9-11H2,1H3. The highest BCUT2D eigenvalue weighted by molar-refractivity contribution is 5.19. The van der Waals surface area contributed by atoms with Crippen LogP contribution in [0.2, 0.25) is 0 Å². The fourth-order valence-electron chi connectivity index (χ4n) is 2.00. The molecule has 0 bridgehead atoms. The van der Waals surface area contributed by atoms with Crippen molar-refractivity contribution in [3.05, 3.63) is 48.0 Å². The van der Waals surface area contributed by atoms with Crippen molar-refractivity contribution in [2.24, 2.45) is 0 Å². The SMILES string of the molecule is CCc1cccnc1CNCC(O)Cn1cccn1. The van der Waals surface area contributed by atoms with Gasteiger partial charge in [-0.2, -0.15) is 5.10 Å². The third-order valence-corrected chi connectivity index (χ3v) is 2.99. The molecule has 1 unspecified atom stereocenters. The van der Waals surface area contributed by atoms with Gasteiger partial charge in [0.2, 0.25) is 0 Å². The summed E-state index contributed by atoms with van der Waals surface area (Å²) in [5.74, 6) is 0. The third-order valence-electron chi connectivity index (χ3n) is 2.99. The molecule has 0 radical (unpaired) electrons. The van der Waals surface area contributed by atoms with Crippen molar-refractivity contribution in [2.75, 3.05) is 6.54 Å². The Morgan fingerprint density at radius 3 is 3.00 bits per heavy atom. The van der Waals surface area contributed by atoms with E-state index in [4.69, 9.17) is 0 Å². The summed E-state index contributed by atoms with van der Waals surface area (Å²) in [6.45, 7) is 3.83. The molecule has 2 rings (SSSR count). The Hall–Kier alpha value is -1.72. The molecule has 0 aliphatic heterocycles. The number of hydrogen-bond acceptors (Lipinski definition) is 4. The molecule has 2 heterocycles. The molecule has 0 amide bonds. The maximum absolute atomic E-state index is 9.88. The molecule has 5 nitrogen and oxygen atoms in total. The fraction of sp³-hybridized carbons (Fsp3) is 0.429. The van der Waals surface area contributed by atoms with Gasteiger partial charge in [-0.1, -0.05) is 13.0 Å². The first kappa shape index (κ1) is 13.7. The molecule has 0 aliphatic carbocycles. The van der Waals surface area contributed by atoms with Gasteiger partial charge in [-0.25, -0.2) is 0 Å². The second-order valence-corrected chi connectivity index (χ2v) is 4.48. The topological polar surface area (TPSA) is 63.0 Å². The summed E-state index contributed by atoms with van der Waals surface area (Å²) in [6, 6.07) is 5.89. The molecule has 0 saturated carbocycles. The Kier molecular flexibility index (Phi) is 5.06. The fourth-order valence-corrected chi connectivity index (χ4v) is 2.00. The van der Waals surface area contributed by atoms with Crippen LogP contribution >= 0.6 is 0 Å². The van der Waals surface area contributed by atoms with Crippen molar-refractivity contribution in [2.45, 2.75) is 32.5 Å². The van der Waals surface area contributed by atoms with Gasteiger partial charge in [0.25, 0.3) is 0 Å². The predicted molar refractivity (Wildman–Crippen MR) is 73.6 cm³/mol. The normalized spacial score (nSPS) is 12.5. The van der Waals surface area contributed by atoms with E-state index in [1.54, 1.807) is 17.1 Å². The zero-order valence-corrected chi connectivity index (χ0v) is 11.2. The highest BCUT2D eigenvalue weighted by Gasteiger charge is 2.06. The van der Waals surface area contributed by atoms with E-state index >= 15 is 0 Å². The van der Waals surface area contributed by atoms with Crippen LogP contribution in [0.5, 0.6) is 0 Å². The van der Waals surface area contributed by atoms with Gasteiger partial charge < -0.3 is 10.4 Å². The van der Waals surface area contributed by atoms with E-state index < -0.39 is 6.10 Å². The minimum Gasteiger partial charge on any atom is -0.390 e. The van der Waals surface area contributed by atoms with E-state index in [2.05, 4.69) is 28.4 Å². The van der Waals surface area contributed by atoms with Gasteiger partial charge in [-0.3, -0.25) is 9.67 Å². The van der Waals surface area contributed by atoms with Gasteiger partial charge in [0.1, 0.15) is 0 Å². The van der Waals surface area contributed by atoms with Crippen LogP contribution in [0.1, 0.15) is 18.2 Å². The van der Waals surface area contributed by atoms with E-state index in [0.717, 1.165) is 12.1 Å². The molecule has 1 atom stereocenters. The van der Waals surface area contributed by atoms with Gasteiger partial charge in [0.05, 0.1) is 18.3 Å². The Bertz CT molecular complexity index is 484. The van der Waals surface area contributed by atoms with E-state index in [0.29, 0.717) is 19.6 Å². The first-order valence-electron chi connectivity index (χ1n) is 6.58. The van der Waals surface area contributed by atoms with Gasteiger partial charge in [0, 0.05) is 31.7 Å². The number of aliphatic hydroxyl groups excluding tert-OH is 1. The highest BCUT2D eigenvalue weighted by atomic mass is 16.3. The third kappa shape index (κ3) is 4.15. The molecular weight excluding hydrogens is 240 g/mol. The van der Waals surface area contributed by atoms with Crippen molar-refractivity contribution < 1.29 is 5.11 Å². The largest absolute Gasteiger partial charge is 0.390 e. The molecule has 0 aliphatic rings. The van der Waals surface area contributed by atoms with E-state index in [9.17, 15) is 5.11 Å². The summed E-state index contributed by atoms with van der Waals surface area (Å²) in [6.07, 6.45) is 5.88. The summed E-state index contributed by atoms with van der Waals surface area (Å²) in [5, 5.41) is 17.2. The Balaban J connectivity index is 1.76. The van der Waals surface area contributed by atoms with Crippen LogP contribution in [0.15, 0.2) is 36.8 Å². The monoisotopic (exact) mass is 260 g/mol. The number of hydrogen-bond donors (Lipinski definition) is 2. The lowest BCUT2D eigenvalue weighted by atomic mass is 10.1. The minimum absolute atomic E-state index is 0.450. The molecule has 2 aromatic heterocycles. The molecule has 102 valence electrons. The number of nitrogens with zero attached hydrogens (tertiary/aromatic N) is 3. The minimum atomic E-state index is -0.450. The zero-order chi connectivity index (χ0) is 13.5. The lowest BCUT2D eigenvalue weighted by Gasteiger charge is -2.13. The summed E-state index contributed by atoms with van der Waals surface area (Å²) < 4.78 is 1.73. The Morgan fingerprint density at radius 2 is 2.26 bits per heavy atom.